The topological polar surface area (TPSA) is 60.4 Å². The van der Waals surface area contributed by atoms with Crippen molar-refractivity contribution < 1.29 is 9.53 Å². The van der Waals surface area contributed by atoms with Crippen LogP contribution in [0.4, 0.5) is 0 Å². The Morgan fingerprint density at radius 2 is 1.92 bits per heavy atom. The molecule has 2 rings (SSSR count). The van der Waals surface area contributed by atoms with Crippen LogP contribution in [0.5, 0.6) is 0 Å². The third-order valence-corrected chi connectivity index (χ3v) is 5.32. The molecule has 0 radical (unpaired) electrons. The lowest BCUT2D eigenvalue weighted by atomic mass is 9.96. The second kappa shape index (κ2) is 10.6. The van der Waals surface area contributed by atoms with Gasteiger partial charge in [0.05, 0.1) is 0 Å². The molecular formula is C18H35N5O2. The molecule has 0 spiro atoms. The minimum Gasteiger partial charge on any atom is -0.381 e. The molecule has 2 saturated heterocycles. The highest BCUT2D eigenvalue weighted by Crippen LogP contribution is 2.18. The van der Waals surface area contributed by atoms with E-state index in [1.807, 2.05) is 11.9 Å². The molecular weight excluding hydrogens is 318 g/mol. The summed E-state index contributed by atoms with van der Waals surface area (Å²) < 4.78 is 5.43. The normalized spacial score (nSPS) is 20.6. The van der Waals surface area contributed by atoms with E-state index in [1.54, 1.807) is 6.92 Å². The van der Waals surface area contributed by atoms with Crippen LogP contribution in [-0.2, 0) is 9.53 Å². The Labute approximate surface area is 152 Å². The number of aliphatic imine (C=N–C) groups is 1. The van der Waals surface area contributed by atoms with Crippen LogP contribution in [0.1, 0.15) is 26.2 Å². The SMILES string of the molecule is CN=C(NCCN1CCN(C(C)=O)CC1)N(C)CCC1CCOCC1. The number of ether oxygens (including phenoxy) is 1. The van der Waals surface area contributed by atoms with Gasteiger partial charge in [-0.15, -0.1) is 0 Å². The first-order chi connectivity index (χ1) is 12.1. The van der Waals surface area contributed by atoms with Crippen LogP contribution in [0, 0.1) is 5.92 Å². The maximum Gasteiger partial charge on any atom is 0.219 e. The number of amides is 1. The molecule has 0 saturated carbocycles. The lowest BCUT2D eigenvalue weighted by Crippen LogP contribution is -2.50. The van der Waals surface area contributed by atoms with Crippen molar-refractivity contribution in [3.8, 4) is 0 Å². The summed E-state index contributed by atoms with van der Waals surface area (Å²) in [6, 6.07) is 0. The Morgan fingerprint density at radius 3 is 2.52 bits per heavy atom. The molecule has 0 aliphatic carbocycles. The fraction of sp³-hybridized carbons (Fsp3) is 0.889. The van der Waals surface area contributed by atoms with Crippen LogP contribution in [0.15, 0.2) is 4.99 Å². The van der Waals surface area contributed by atoms with Crippen LogP contribution in [-0.4, -0.2) is 99.7 Å². The second-order valence-corrected chi connectivity index (χ2v) is 7.09. The number of rotatable bonds is 6. The van der Waals surface area contributed by atoms with Gasteiger partial charge in [0.1, 0.15) is 0 Å². The van der Waals surface area contributed by atoms with E-state index in [2.05, 4.69) is 27.2 Å². The molecule has 0 unspecified atom stereocenters. The number of nitrogens with zero attached hydrogens (tertiary/aromatic N) is 4. The summed E-state index contributed by atoms with van der Waals surface area (Å²) in [4.78, 5) is 22.3. The molecule has 2 fully saturated rings. The van der Waals surface area contributed by atoms with Crippen LogP contribution in [0.3, 0.4) is 0 Å². The van der Waals surface area contributed by atoms with Gasteiger partial charge < -0.3 is 19.9 Å². The predicted octanol–water partition coefficient (Wildman–Crippen LogP) is 0.474. The maximum absolute atomic E-state index is 11.4. The fourth-order valence-corrected chi connectivity index (χ4v) is 3.51. The van der Waals surface area contributed by atoms with Gasteiger partial charge in [0, 0.05) is 80.0 Å². The van der Waals surface area contributed by atoms with Crippen molar-refractivity contribution in [1.29, 1.82) is 0 Å². The molecule has 7 nitrogen and oxygen atoms in total. The van der Waals surface area contributed by atoms with E-state index in [9.17, 15) is 4.79 Å². The molecule has 144 valence electrons. The zero-order chi connectivity index (χ0) is 18.1. The van der Waals surface area contributed by atoms with Gasteiger partial charge in [-0.1, -0.05) is 0 Å². The van der Waals surface area contributed by atoms with E-state index < -0.39 is 0 Å². The Morgan fingerprint density at radius 1 is 1.24 bits per heavy atom. The fourth-order valence-electron chi connectivity index (χ4n) is 3.51. The standard InChI is InChI=1S/C18H35N5O2/c1-16(24)23-12-10-22(11-13-23)9-7-20-18(19-2)21(3)8-4-17-5-14-25-15-6-17/h17H,4-15H2,1-3H3,(H,19,20). The van der Waals surface area contributed by atoms with Crippen LogP contribution >= 0.6 is 0 Å². The molecule has 0 aromatic heterocycles. The van der Waals surface area contributed by atoms with E-state index in [0.717, 1.165) is 70.9 Å². The molecule has 2 heterocycles. The third kappa shape index (κ3) is 6.82. The summed E-state index contributed by atoms with van der Waals surface area (Å²) in [6.45, 7) is 9.98. The summed E-state index contributed by atoms with van der Waals surface area (Å²) in [5.41, 5.74) is 0. The van der Waals surface area contributed by atoms with Crippen molar-refractivity contribution in [1.82, 2.24) is 20.0 Å². The van der Waals surface area contributed by atoms with Crippen molar-refractivity contribution in [3.63, 3.8) is 0 Å². The molecule has 2 aliphatic heterocycles. The molecule has 0 aromatic carbocycles. The summed E-state index contributed by atoms with van der Waals surface area (Å²) in [7, 11) is 3.96. The Hall–Kier alpha value is -1.34. The summed E-state index contributed by atoms with van der Waals surface area (Å²) in [5.74, 6) is 1.94. The molecule has 2 aliphatic rings. The van der Waals surface area contributed by atoms with Gasteiger partial charge in [0.2, 0.25) is 5.91 Å². The van der Waals surface area contributed by atoms with Crippen molar-refractivity contribution in [2.45, 2.75) is 26.2 Å². The van der Waals surface area contributed by atoms with Gasteiger partial charge in [0.15, 0.2) is 5.96 Å². The molecule has 0 bridgehead atoms. The monoisotopic (exact) mass is 353 g/mol. The molecule has 7 heteroatoms. The zero-order valence-corrected chi connectivity index (χ0v) is 16.2. The van der Waals surface area contributed by atoms with E-state index in [1.165, 1.54) is 19.3 Å². The number of nitrogens with one attached hydrogen (secondary N) is 1. The minimum absolute atomic E-state index is 0.185. The first kappa shape index (κ1) is 20.0. The largest absolute Gasteiger partial charge is 0.381 e. The number of guanidine groups is 1. The first-order valence-electron chi connectivity index (χ1n) is 9.57. The second-order valence-electron chi connectivity index (χ2n) is 7.09. The maximum atomic E-state index is 11.4. The average Bonchev–Trinajstić information content (AvgIpc) is 2.64. The van der Waals surface area contributed by atoms with E-state index in [0.29, 0.717) is 0 Å². The third-order valence-electron chi connectivity index (χ3n) is 5.32. The van der Waals surface area contributed by atoms with Gasteiger partial charge in [-0.2, -0.15) is 0 Å². The smallest absolute Gasteiger partial charge is 0.219 e. The number of piperazine rings is 1. The highest BCUT2D eigenvalue weighted by Gasteiger charge is 2.18. The lowest BCUT2D eigenvalue weighted by molar-refractivity contribution is -0.130. The molecule has 25 heavy (non-hydrogen) atoms. The van der Waals surface area contributed by atoms with E-state index >= 15 is 0 Å². The first-order valence-corrected chi connectivity index (χ1v) is 9.57. The molecule has 0 aromatic rings. The summed E-state index contributed by atoms with van der Waals surface area (Å²) >= 11 is 0. The minimum atomic E-state index is 0.185. The number of carbonyl (C=O) groups is 1. The summed E-state index contributed by atoms with van der Waals surface area (Å²) in [6.07, 6.45) is 3.58. The van der Waals surface area contributed by atoms with Crippen LogP contribution in [0.25, 0.3) is 0 Å². The molecule has 1 N–H and O–H groups in total. The van der Waals surface area contributed by atoms with Crippen LogP contribution < -0.4 is 5.32 Å². The number of hydrogen-bond donors (Lipinski definition) is 1. The summed E-state index contributed by atoms with van der Waals surface area (Å²) in [5, 5.41) is 3.47. The van der Waals surface area contributed by atoms with Gasteiger partial charge >= 0.3 is 0 Å². The quantitative estimate of drug-likeness (QED) is 0.556. The highest BCUT2D eigenvalue weighted by molar-refractivity contribution is 5.79. The van der Waals surface area contributed by atoms with E-state index in [-0.39, 0.29) is 5.91 Å². The van der Waals surface area contributed by atoms with Crippen molar-refractivity contribution in [2.24, 2.45) is 10.9 Å². The van der Waals surface area contributed by atoms with E-state index in [4.69, 9.17) is 4.74 Å². The van der Waals surface area contributed by atoms with Gasteiger partial charge in [0.25, 0.3) is 0 Å². The van der Waals surface area contributed by atoms with Crippen molar-refractivity contribution >= 4 is 11.9 Å². The van der Waals surface area contributed by atoms with Gasteiger partial charge in [-0.25, -0.2) is 0 Å². The Kier molecular flexibility index (Phi) is 8.48. The Balaban J connectivity index is 1.61. The molecule has 1 amide bonds. The van der Waals surface area contributed by atoms with Gasteiger partial charge in [-0.3, -0.25) is 14.7 Å². The molecule has 0 atom stereocenters. The predicted molar refractivity (Wildman–Crippen MR) is 101 cm³/mol. The van der Waals surface area contributed by atoms with Crippen molar-refractivity contribution in [3.05, 3.63) is 0 Å². The number of hydrogen-bond acceptors (Lipinski definition) is 4. The zero-order valence-electron chi connectivity index (χ0n) is 16.2. The average molecular weight is 354 g/mol. The van der Waals surface area contributed by atoms with Gasteiger partial charge in [-0.05, 0) is 25.2 Å². The Bertz CT molecular complexity index is 429. The lowest BCUT2D eigenvalue weighted by Gasteiger charge is -2.34. The van der Waals surface area contributed by atoms with Crippen molar-refractivity contribution in [2.75, 3.05) is 73.1 Å². The van der Waals surface area contributed by atoms with Crippen LogP contribution in [0.2, 0.25) is 0 Å². The number of carbonyl (C=O) groups excluding carboxylic acids is 1. The highest BCUT2D eigenvalue weighted by atomic mass is 16.5.